The van der Waals surface area contributed by atoms with Crippen LogP contribution in [0.15, 0.2) is 46.4 Å². The largest absolute Gasteiger partial charge is 0.567 e. The van der Waals surface area contributed by atoms with Gasteiger partial charge in [0.15, 0.2) is 0 Å². The van der Waals surface area contributed by atoms with Crippen LogP contribution in [-0.4, -0.2) is 22.7 Å². The zero-order valence-electron chi connectivity index (χ0n) is 9.64. The molecule has 0 bridgehead atoms. The van der Waals surface area contributed by atoms with Crippen LogP contribution in [0.4, 0.5) is 5.69 Å². The summed E-state index contributed by atoms with van der Waals surface area (Å²) in [6.45, 7) is 0. The van der Waals surface area contributed by atoms with Crippen LogP contribution in [0, 0.1) is 0 Å². The summed E-state index contributed by atoms with van der Waals surface area (Å²) in [5.74, 6) is 0. The second-order valence-electron chi connectivity index (χ2n) is 4.62. The van der Waals surface area contributed by atoms with Gasteiger partial charge in [-0.15, -0.1) is 0 Å². The van der Waals surface area contributed by atoms with Crippen molar-refractivity contribution in [1.29, 1.82) is 0 Å². The molecule has 112 valence electrons. The van der Waals surface area contributed by atoms with Crippen molar-refractivity contribution >= 4 is 42.9 Å². The van der Waals surface area contributed by atoms with Gasteiger partial charge in [-0.2, -0.15) is 0 Å². The molecule has 1 aliphatic rings. The van der Waals surface area contributed by atoms with Crippen molar-refractivity contribution in [1.82, 2.24) is 0 Å². The van der Waals surface area contributed by atoms with Crippen molar-refractivity contribution in [2.75, 3.05) is 10.9 Å². The molecule has 0 aliphatic carbocycles. The Morgan fingerprint density at radius 2 is 1.43 bits per heavy atom. The third kappa shape index (κ3) is 2.64. The van der Waals surface area contributed by atoms with Gasteiger partial charge in [0.05, 0.1) is 0 Å². The quantitative estimate of drug-likeness (QED) is 0.554. The normalized spacial score (nSPS) is 11.2. The van der Waals surface area contributed by atoms with E-state index in [1.807, 2.05) is 0 Å². The maximum Gasteiger partial charge on any atom is 0.567 e. The van der Waals surface area contributed by atoms with E-state index in [0.717, 1.165) is 0 Å². The third-order valence-electron chi connectivity index (χ3n) is 3.60. The predicted octanol–water partition coefficient (Wildman–Crippen LogP) is 4.59. The van der Waals surface area contributed by atoms with Gasteiger partial charge in [0.2, 0.25) is 0 Å². The van der Waals surface area contributed by atoms with Crippen LogP contribution < -0.4 is 9.24 Å². The standard InChI is InChI=1S/C14H10N2.4CH4.Al.H/c1-16-12-8-6-10-4-2-3-9-5-7-11(15)14(12)13(9)10;;;;;;/h2-8H,1H3;4*1H4;;/q-2;;;;;+2;. The number of anilines is 1. The minimum Gasteiger partial charge on any atom is -0.449 e. The molecule has 3 aromatic carbocycles. The molecule has 3 heteroatoms. The predicted molar refractivity (Wildman–Crippen MR) is 101 cm³/mol. The van der Waals surface area contributed by atoms with Gasteiger partial charge in [-0.05, 0) is 30.0 Å². The lowest BCUT2D eigenvalue weighted by Gasteiger charge is -2.23. The second-order valence-corrected chi connectivity index (χ2v) is 6.17. The zero-order chi connectivity index (χ0) is 11.4. The van der Waals surface area contributed by atoms with Crippen LogP contribution in [0.25, 0.3) is 21.5 Å². The van der Waals surface area contributed by atoms with Crippen molar-refractivity contribution in [3.05, 3.63) is 47.8 Å². The van der Waals surface area contributed by atoms with Crippen LogP contribution in [0.2, 0.25) is 0 Å². The maximum atomic E-state index is 4.76. The monoisotopic (exact) mass is 298 g/mol. The molecule has 0 fully saturated rings. The number of nitrogens with zero attached hydrogens (tertiary/aromatic N) is 2. The summed E-state index contributed by atoms with van der Waals surface area (Å²) >= 11 is -0.501. The van der Waals surface area contributed by atoms with Gasteiger partial charge >= 0.3 is 15.7 Å². The summed E-state index contributed by atoms with van der Waals surface area (Å²) in [6.07, 6.45) is 0. The van der Waals surface area contributed by atoms with Gasteiger partial charge in [0.25, 0.3) is 0 Å². The van der Waals surface area contributed by atoms with Crippen LogP contribution in [0.3, 0.4) is 0 Å². The Morgan fingerprint density at radius 3 is 2.10 bits per heavy atom. The van der Waals surface area contributed by atoms with E-state index in [4.69, 9.17) is 3.98 Å². The first kappa shape index (κ1) is 19.4. The van der Waals surface area contributed by atoms with E-state index in [-0.39, 0.29) is 29.7 Å². The molecule has 0 saturated carbocycles. The summed E-state index contributed by atoms with van der Waals surface area (Å²) in [6, 6.07) is 15.3. The molecule has 3 aromatic rings. The molecule has 0 N–H and O–H groups in total. The Kier molecular flexibility index (Phi) is 6.42. The first-order valence-corrected chi connectivity index (χ1v) is 7.11. The van der Waals surface area contributed by atoms with Crippen LogP contribution in [-0.2, 0) is 0 Å². The van der Waals surface area contributed by atoms with E-state index in [1.54, 1.807) is 0 Å². The highest BCUT2D eigenvalue weighted by Crippen LogP contribution is 2.32. The minimum atomic E-state index is -0.501. The fourth-order valence-electron chi connectivity index (χ4n) is 2.75. The zero-order valence-corrected chi connectivity index (χ0v) is 11.1. The highest BCUT2D eigenvalue weighted by Gasteiger charge is 2.16. The molecule has 0 amide bonds. The molecule has 2 nitrogen and oxygen atoms in total. The number of benzene rings is 3. The fraction of sp³-hybridized carbons (Fsp3) is 0.278. The van der Waals surface area contributed by atoms with Crippen LogP contribution in [0.5, 0.6) is 0 Å². The van der Waals surface area contributed by atoms with Crippen molar-refractivity contribution < 1.29 is 0 Å². The molecule has 4 rings (SSSR count). The van der Waals surface area contributed by atoms with E-state index in [9.17, 15) is 0 Å². The van der Waals surface area contributed by atoms with Gasteiger partial charge in [0.1, 0.15) is 0 Å². The summed E-state index contributed by atoms with van der Waals surface area (Å²) < 4.78 is 7.10. The number of rotatable bonds is 0. The summed E-state index contributed by atoms with van der Waals surface area (Å²) in [5.41, 5.74) is 1.35. The fourth-order valence-corrected chi connectivity index (χ4v) is 3.80. The lowest BCUT2D eigenvalue weighted by molar-refractivity contribution is 1.28. The van der Waals surface area contributed by atoms with Crippen molar-refractivity contribution in [3.8, 4) is 0 Å². The summed E-state index contributed by atoms with van der Waals surface area (Å²) in [4.78, 5) is 0. The molecule has 1 heterocycles. The van der Waals surface area contributed by atoms with E-state index >= 15 is 0 Å². The number of hydrogen-bond acceptors (Lipinski definition) is 2. The Labute approximate surface area is 135 Å². The molecule has 0 atom stereocenters. The van der Waals surface area contributed by atoms with Gasteiger partial charge in [-0.3, -0.25) is 0 Å². The molecule has 21 heavy (non-hydrogen) atoms. The molecule has 0 radical (unpaired) electrons. The Bertz CT molecular complexity index is 780. The van der Waals surface area contributed by atoms with Crippen molar-refractivity contribution in [3.63, 3.8) is 0 Å². The lowest BCUT2D eigenvalue weighted by atomic mass is 9.99. The average Bonchev–Trinajstić information content (AvgIpc) is 2.38. The average molecular weight is 298 g/mol. The van der Waals surface area contributed by atoms with E-state index < -0.39 is 15.7 Å². The van der Waals surface area contributed by atoms with Crippen molar-refractivity contribution in [2.24, 2.45) is 3.98 Å². The van der Waals surface area contributed by atoms with E-state index in [0.29, 0.717) is 0 Å². The maximum absolute atomic E-state index is 4.76. The number of hydrogen-bond donors (Lipinski definition) is 0. The lowest BCUT2D eigenvalue weighted by Crippen LogP contribution is -2.28. The van der Waals surface area contributed by atoms with E-state index in [2.05, 4.69) is 53.4 Å². The van der Waals surface area contributed by atoms with Crippen molar-refractivity contribution in [2.45, 2.75) is 29.7 Å². The second kappa shape index (κ2) is 6.94. The van der Waals surface area contributed by atoms with Gasteiger partial charge in [0, 0.05) is 21.8 Å². The molecule has 1 aliphatic heterocycles. The molecular weight excluding hydrogens is 271 g/mol. The Morgan fingerprint density at radius 1 is 0.810 bits per heavy atom. The smallest absolute Gasteiger partial charge is 0.449 e. The topological polar surface area (TPSA) is 15.6 Å². The molecule has 0 unspecified atom stereocenters. The minimum absolute atomic E-state index is 0. The Balaban J connectivity index is 0.000001000. The SMILES string of the molecule is C.C.C.C.C[N]1[AlH][N]=c2ccc3cccc4ccc1c2c43. The highest BCUT2D eigenvalue weighted by atomic mass is 27.1. The molecular formula is C18H27AlN2. The van der Waals surface area contributed by atoms with Crippen LogP contribution >= 0.6 is 0 Å². The molecule has 0 spiro atoms. The van der Waals surface area contributed by atoms with Gasteiger partial charge in [-0.25, -0.2) is 0 Å². The van der Waals surface area contributed by atoms with Crippen LogP contribution in [0.1, 0.15) is 29.7 Å². The molecule has 0 saturated heterocycles. The van der Waals surface area contributed by atoms with Gasteiger partial charge in [-0.1, -0.05) is 60.0 Å². The Hall–Kier alpha value is -1.56. The van der Waals surface area contributed by atoms with Gasteiger partial charge < -0.3 is 7.86 Å². The first-order valence-electron chi connectivity index (χ1n) is 5.84. The first-order chi connectivity index (χ1) is 8.34. The van der Waals surface area contributed by atoms with E-state index in [1.165, 1.54) is 32.6 Å². The molecule has 0 aromatic heterocycles. The third-order valence-corrected chi connectivity index (χ3v) is 4.84. The highest BCUT2D eigenvalue weighted by molar-refractivity contribution is 6.41. The summed E-state index contributed by atoms with van der Waals surface area (Å²) in [5, 5.41) is 6.52. The summed E-state index contributed by atoms with van der Waals surface area (Å²) in [7, 11) is 2.16.